The van der Waals surface area contributed by atoms with E-state index in [1.54, 1.807) is 29.7 Å². The molecular formula is C29H34N6O7S. The molecule has 43 heavy (non-hydrogen) atoms. The number of aliphatic hydroxyl groups excluding tert-OH is 1. The third kappa shape index (κ3) is 6.26. The van der Waals surface area contributed by atoms with Gasteiger partial charge in [0, 0.05) is 28.8 Å². The highest BCUT2D eigenvalue weighted by Gasteiger charge is 2.27. The summed E-state index contributed by atoms with van der Waals surface area (Å²) in [7, 11) is -1.17. The Kier molecular flexibility index (Phi) is 8.80. The zero-order valence-electron chi connectivity index (χ0n) is 24.1. The first-order valence-corrected chi connectivity index (χ1v) is 15.3. The first kappa shape index (κ1) is 30.2. The van der Waals surface area contributed by atoms with Crippen LogP contribution in [0.15, 0.2) is 52.3 Å². The van der Waals surface area contributed by atoms with Crippen LogP contribution in [0.2, 0.25) is 0 Å². The van der Waals surface area contributed by atoms with Crippen molar-refractivity contribution in [3.05, 3.63) is 58.6 Å². The van der Waals surface area contributed by atoms with Crippen molar-refractivity contribution in [2.45, 2.75) is 49.6 Å². The number of aryl methyl sites for hydroxylation is 1. The molecular weight excluding hydrogens is 576 g/mol. The van der Waals surface area contributed by atoms with Crippen LogP contribution < -0.4 is 25.5 Å². The molecule has 0 saturated heterocycles. The summed E-state index contributed by atoms with van der Waals surface area (Å²) < 4.78 is 46.8. The Bertz CT molecular complexity index is 1790. The largest absolute Gasteiger partial charge is 0.497 e. The van der Waals surface area contributed by atoms with Crippen molar-refractivity contribution >= 4 is 32.7 Å². The second-order valence-electron chi connectivity index (χ2n) is 10.2. The number of aliphatic hydroxyl groups is 1. The summed E-state index contributed by atoms with van der Waals surface area (Å²) in [6, 6.07) is 8.95. The lowest BCUT2D eigenvalue weighted by Gasteiger charge is -2.30. The van der Waals surface area contributed by atoms with Gasteiger partial charge in [0.1, 0.15) is 17.1 Å². The molecule has 1 aliphatic carbocycles. The van der Waals surface area contributed by atoms with E-state index in [4.69, 9.17) is 25.1 Å². The summed E-state index contributed by atoms with van der Waals surface area (Å²) in [5.74, 6) is 0.614. The predicted octanol–water partition coefficient (Wildman–Crippen LogP) is 3.05. The van der Waals surface area contributed by atoms with Crippen molar-refractivity contribution in [2.75, 3.05) is 37.9 Å². The third-order valence-corrected chi connectivity index (χ3v) is 8.90. The molecule has 0 aliphatic heterocycles. The molecule has 0 unspecified atom stereocenters. The summed E-state index contributed by atoms with van der Waals surface area (Å²) in [5.41, 5.74) is 7.44. The summed E-state index contributed by atoms with van der Waals surface area (Å²) in [4.78, 5) is 27.3. The molecule has 13 nitrogen and oxygen atoms in total. The minimum Gasteiger partial charge on any atom is -0.497 e. The van der Waals surface area contributed by atoms with E-state index in [0.717, 1.165) is 0 Å². The lowest BCUT2D eigenvalue weighted by atomic mass is 9.92. The zero-order valence-corrected chi connectivity index (χ0v) is 24.9. The number of fused-ring (bicyclic) bond motifs is 1. The Morgan fingerprint density at radius 2 is 1.79 bits per heavy atom. The highest BCUT2D eigenvalue weighted by molar-refractivity contribution is 7.92. The van der Waals surface area contributed by atoms with E-state index in [2.05, 4.69) is 19.7 Å². The normalized spacial score (nSPS) is 17.1. The van der Waals surface area contributed by atoms with E-state index < -0.39 is 10.0 Å². The van der Waals surface area contributed by atoms with Gasteiger partial charge in [-0.25, -0.2) is 18.4 Å². The van der Waals surface area contributed by atoms with Gasteiger partial charge in [-0.2, -0.15) is 4.98 Å². The van der Waals surface area contributed by atoms with Crippen molar-refractivity contribution in [1.82, 2.24) is 19.5 Å². The number of methoxy groups -OCH3 is 2. The van der Waals surface area contributed by atoms with E-state index in [1.165, 1.54) is 38.6 Å². The Labute approximate surface area is 248 Å². The maximum atomic E-state index is 14.2. The number of benzene rings is 1. The Balaban J connectivity index is 1.58. The molecule has 0 radical (unpaired) electrons. The maximum absolute atomic E-state index is 14.2. The molecule has 1 aliphatic rings. The van der Waals surface area contributed by atoms with Gasteiger partial charge >= 0.3 is 0 Å². The molecule has 1 fully saturated rings. The Hall–Kier alpha value is -4.27. The maximum Gasteiger partial charge on any atom is 0.262 e. The lowest BCUT2D eigenvalue weighted by molar-refractivity contribution is 0.00169. The highest BCUT2D eigenvalue weighted by atomic mass is 32.2. The van der Waals surface area contributed by atoms with Crippen LogP contribution in [0.1, 0.15) is 37.4 Å². The van der Waals surface area contributed by atoms with Crippen molar-refractivity contribution in [3.8, 4) is 22.8 Å². The van der Waals surface area contributed by atoms with E-state index in [1.807, 2.05) is 0 Å². The number of nitrogens with zero attached hydrogens (tertiary/aromatic N) is 4. The van der Waals surface area contributed by atoms with Crippen LogP contribution >= 0.6 is 0 Å². The van der Waals surface area contributed by atoms with Crippen LogP contribution in [0.4, 0.5) is 11.6 Å². The highest BCUT2D eigenvalue weighted by Crippen LogP contribution is 2.34. The van der Waals surface area contributed by atoms with E-state index in [0.29, 0.717) is 59.3 Å². The first-order chi connectivity index (χ1) is 20.6. The van der Waals surface area contributed by atoms with E-state index in [-0.39, 0.29) is 53.3 Å². The minimum atomic E-state index is -4.03. The van der Waals surface area contributed by atoms with Crippen molar-refractivity contribution in [3.63, 3.8) is 0 Å². The van der Waals surface area contributed by atoms with Crippen molar-refractivity contribution in [1.29, 1.82) is 0 Å². The number of nitrogens with two attached hydrogens (primary N) is 1. The fourth-order valence-corrected chi connectivity index (χ4v) is 6.45. The standard InChI is InChI=1S/C29H34N6O7S/c1-17-23-15-24(28(37)35(26(23)33-29(30)32-17)19-4-6-21(7-5-19)42-13-12-36)18-14-25(27(41-3)31-16-18)34-43(38,39)22-10-8-20(40-2)9-11-22/h8-11,14-16,19,21,34,36H,4-7,12-13H2,1-3H3,(H2,30,32,33)/t19-,21-. The molecule has 1 aromatic carbocycles. The molecule has 14 heteroatoms. The van der Waals surface area contributed by atoms with Crippen molar-refractivity contribution < 1.29 is 27.7 Å². The zero-order chi connectivity index (χ0) is 30.7. The predicted molar refractivity (Wildman–Crippen MR) is 161 cm³/mol. The minimum absolute atomic E-state index is 0.00190. The summed E-state index contributed by atoms with van der Waals surface area (Å²) >= 11 is 0. The van der Waals surface area contributed by atoms with Gasteiger partial charge in [-0.3, -0.25) is 14.1 Å². The lowest BCUT2D eigenvalue weighted by Crippen LogP contribution is -2.32. The van der Waals surface area contributed by atoms with Crippen LogP contribution in [0.25, 0.3) is 22.2 Å². The number of ether oxygens (including phenoxy) is 3. The van der Waals surface area contributed by atoms with Gasteiger partial charge in [-0.1, -0.05) is 0 Å². The fourth-order valence-electron chi connectivity index (χ4n) is 5.40. The fraction of sp³-hybridized carbons (Fsp3) is 0.379. The molecule has 4 aromatic rings. The summed E-state index contributed by atoms with van der Waals surface area (Å²) in [5, 5.41) is 9.75. The number of pyridine rings is 2. The van der Waals surface area contributed by atoms with Gasteiger partial charge in [0.25, 0.3) is 15.6 Å². The average molecular weight is 611 g/mol. The van der Waals surface area contributed by atoms with Crippen molar-refractivity contribution in [2.24, 2.45) is 0 Å². The molecule has 5 rings (SSSR count). The molecule has 0 atom stereocenters. The summed E-state index contributed by atoms with van der Waals surface area (Å²) in [6.45, 7) is 2.01. The third-order valence-electron chi connectivity index (χ3n) is 7.52. The smallest absolute Gasteiger partial charge is 0.262 e. The number of hydrogen-bond donors (Lipinski definition) is 3. The van der Waals surface area contributed by atoms with Gasteiger partial charge in [0.2, 0.25) is 11.8 Å². The summed E-state index contributed by atoms with van der Waals surface area (Å²) in [6.07, 6.45) is 4.20. The number of nitrogen functional groups attached to an aromatic ring is 1. The molecule has 3 aromatic heterocycles. The van der Waals surface area contributed by atoms with Gasteiger partial charge in [-0.15, -0.1) is 0 Å². The second-order valence-corrected chi connectivity index (χ2v) is 11.9. The second kappa shape index (κ2) is 12.5. The van der Waals surface area contributed by atoms with Gasteiger partial charge in [0.15, 0.2) is 0 Å². The van der Waals surface area contributed by atoms with E-state index in [9.17, 15) is 13.2 Å². The SMILES string of the molecule is COc1ccc(S(=O)(=O)Nc2cc(-c3cc4c(C)nc(N)nc4n([C@H]4CC[C@H](OCCO)CC4)c3=O)cnc2OC)cc1. The number of nitrogens with one attached hydrogen (secondary N) is 1. The topological polar surface area (TPSA) is 181 Å². The quantitative estimate of drug-likeness (QED) is 0.240. The van der Waals surface area contributed by atoms with Crippen LogP contribution in [0.5, 0.6) is 11.6 Å². The van der Waals surface area contributed by atoms with Gasteiger partial charge in [-0.05, 0) is 69.0 Å². The molecule has 0 amide bonds. The van der Waals surface area contributed by atoms with E-state index >= 15 is 0 Å². The molecule has 0 spiro atoms. The van der Waals surface area contributed by atoms with Gasteiger partial charge in [0.05, 0.1) is 44.1 Å². The number of rotatable bonds is 10. The molecule has 228 valence electrons. The first-order valence-electron chi connectivity index (χ1n) is 13.8. The van der Waals surface area contributed by atoms with Crippen LogP contribution in [0, 0.1) is 6.92 Å². The average Bonchev–Trinajstić information content (AvgIpc) is 3.00. The molecule has 3 heterocycles. The Morgan fingerprint density at radius 3 is 2.44 bits per heavy atom. The number of sulfonamides is 1. The van der Waals surface area contributed by atoms with Crippen LogP contribution in [-0.2, 0) is 14.8 Å². The molecule has 0 bridgehead atoms. The monoisotopic (exact) mass is 610 g/mol. The molecule has 4 N–H and O–H groups in total. The van der Waals surface area contributed by atoms with Crippen LogP contribution in [0.3, 0.4) is 0 Å². The van der Waals surface area contributed by atoms with Gasteiger partial charge < -0.3 is 25.1 Å². The molecule has 1 saturated carbocycles. The number of hydrogen-bond acceptors (Lipinski definition) is 11. The number of aromatic nitrogens is 4. The number of anilines is 2. The van der Waals surface area contributed by atoms with Crippen LogP contribution in [-0.4, -0.2) is 66.6 Å². The Morgan fingerprint density at radius 1 is 1.07 bits per heavy atom.